The van der Waals surface area contributed by atoms with Crippen LogP contribution in [0.1, 0.15) is 60.4 Å². The smallest absolute Gasteiger partial charge is 0.315 e. The number of urea groups is 1. The number of aryl methyl sites for hydroxylation is 2. The number of benzene rings is 1. The van der Waals surface area contributed by atoms with Gasteiger partial charge in [-0.05, 0) is 34.6 Å². The Hall–Kier alpha value is -3.01. The molecule has 1 aromatic carbocycles. The maximum absolute atomic E-state index is 12.7. The van der Waals surface area contributed by atoms with Crippen molar-refractivity contribution in [2.45, 2.75) is 59.2 Å². The fourth-order valence-corrected chi connectivity index (χ4v) is 4.01. The molecule has 1 heterocycles. The minimum Gasteiger partial charge on any atom is -0.463 e. The van der Waals surface area contributed by atoms with E-state index in [-0.39, 0.29) is 29.8 Å². The average molecular weight is 435 g/mol. The van der Waals surface area contributed by atoms with Gasteiger partial charge in [-0.15, -0.1) is 11.3 Å². The molecule has 2 N–H and O–H groups in total. The number of hydrogen-bond acceptors (Lipinski definition) is 7. The number of hydrogen-bond donors (Lipinski definition) is 2. The molecule has 0 spiro atoms. The number of carbonyl (C=O) groups excluding carboxylic acids is 2. The van der Waals surface area contributed by atoms with Crippen molar-refractivity contribution in [3.05, 3.63) is 55.5 Å². The van der Waals surface area contributed by atoms with Gasteiger partial charge >= 0.3 is 12.0 Å². The van der Waals surface area contributed by atoms with E-state index in [9.17, 15) is 19.7 Å². The fourth-order valence-electron chi connectivity index (χ4n) is 3.08. The second-order valence-electron chi connectivity index (χ2n) is 7.13. The van der Waals surface area contributed by atoms with E-state index >= 15 is 0 Å². The summed E-state index contributed by atoms with van der Waals surface area (Å²) in [4.78, 5) is 41.0. The van der Waals surface area contributed by atoms with Crippen LogP contribution in [-0.2, 0) is 9.53 Å². The topological polar surface area (TPSA) is 123 Å². The van der Waals surface area contributed by atoms with Crippen LogP contribution in [0.25, 0.3) is 0 Å². The summed E-state index contributed by atoms with van der Waals surface area (Å²) in [6, 6.07) is 4.22. The number of nitro groups is 1. The van der Waals surface area contributed by atoms with Crippen LogP contribution in [0.3, 0.4) is 0 Å². The van der Waals surface area contributed by atoms with Crippen molar-refractivity contribution in [1.82, 2.24) is 15.6 Å². The molecule has 2 amide bonds. The molecule has 0 saturated heterocycles. The van der Waals surface area contributed by atoms with Crippen LogP contribution >= 0.6 is 11.3 Å². The summed E-state index contributed by atoms with van der Waals surface area (Å²) in [6.45, 7) is 9.00. The molecule has 0 radical (unpaired) electrons. The van der Waals surface area contributed by atoms with E-state index in [4.69, 9.17) is 4.74 Å². The quantitative estimate of drug-likeness (QED) is 0.366. The highest BCUT2D eigenvalue weighted by Gasteiger charge is 2.27. The predicted molar refractivity (Wildman–Crippen MR) is 113 cm³/mol. The van der Waals surface area contributed by atoms with Crippen molar-refractivity contribution in [2.75, 3.05) is 0 Å². The van der Waals surface area contributed by atoms with Gasteiger partial charge in [0.1, 0.15) is 0 Å². The molecule has 30 heavy (non-hydrogen) atoms. The highest BCUT2D eigenvalue weighted by atomic mass is 32.1. The fraction of sp³-hybridized carbons (Fsp3) is 0.450. The summed E-state index contributed by atoms with van der Waals surface area (Å²) >= 11 is 1.49. The van der Waals surface area contributed by atoms with Gasteiger partial charge in [-0.3, -0.25) is 14.9 Å². The number of esters is 1. The van der Waals surface area contributed by atoms with Crippen molar-refractivity contribution >= 4 is 29.0 Å². The first-order valence-electron chi connectivity index (χ1n) is 9.52. The Balaban J connectivity index is 2.22. The molecule has 0 bridgehead atoms. The summed E-state index contributed by atoms with van der Waals surface area (Å²) in [6.07, 6.45) is -0.570. The van der Waals surface area contributed by atoms with Crippen molar-refractivity contribution in [3.8, 4) is 0 Å². The van der Waals surface area contributed by atoms with Crippen molar-refractivity contribution in [2.24, 2.45) is 0 Å². The Morgan fingerprint density at radius 3 is 2.43 bits per heavy atom. The third-order valence-corrected chi connectivity index (χ3v) is 5.49. The third-order valence-electron chi connectivity index (χ3n) is 4.23. The van der Waals surface area contributed by atoms with Crippen molar-refractivity contribution < 1.29 is 19.2 Å². The van der Waals surface area contributed by atoms with Crippen LogP contribution in [0.15, 0.2) is 24.3 Å². The second-order valence-corrected chi connectivity index (χ2v) is 8.37. The maximum atomic E-state index is 12.7. The lowest BCUT2D eigenvalue weighted by Gasteiger charge is -2.21. The molecule has 0 aliphatic heterocycles. The summed E-state index contributed by atoms with van der Waals surface area (Å²) in [5.41, 5.74) is 0.888. The number of carbonyl (C=O) groups is 2. The molecule has 1 aromatic heterocycles. The lowest BCUT2D eigenvalue weighted by Crippen LogP contribution is -2.40. The average Bonchev–Trinajstić information content (AvgIpc) is 2.98. The second kappa shape index (κ2) is 10.1. The Bertz CT molecular complexity index is 928. The lowest BCUT2D eigenvalue weighted by molar-refractivity contribution is -0.385. The number of aromatic nitrogens is 1. The minimum absolute atomic E-state index is 0.179. The van der Waals surface area contributed by atoms with Crippen LogP contribution in [0.5, 0.6) is 0 Å². The van der Waals surface area contributed by atoms with Gasteiger partial charge in [-0.25, -0.2) is 9.78 Å². The van der Waals surface area contributed by atoms with Crippen LogP contribution in [0, 0.1) is 24.0 Å². The number of para-hydroxylation sites is 1. The zero-order valence-electron chi connectivity index (χ0n) is 17.6. The zero-order chi connectivity index (χ0) is 22.4. The molecule has 9 nitrogen and oxygen atoms in total. The molecular weight excluding hydrogens is 408 g/mol. The predicted octanol–water partition coefficient (Wildman–Crippen LogP) is 4.11. The largest absolute Gasteiger partial charge is 0.463 e. The number of nitrogens with zero attached hydrogens (tertiary/aromatic N) is 2. The lowest BCUT2D eigenvalue weighted by atomic mass is 10.0. The summed E-state index contributed by atoms with van der Waals surface area (Å²) in [5, 5.41) is 17.8. The van der Waals surface area contributed by atoms with E-state index in [1.807, 2.05) is 20.8 Å². The molecular formula is C20H26N4O5S. The van der Waals surface area contributed by atoms with Gasteiger partial charge in [0, 0.05) is 10.9 Å². The SMILES string of the molecule is Cc1nc(C)c(C(C)NC(=O)NC(CC(=O)OC(C)C)c2ccccc2[N+](=O)[O-])s1. The minimum atomic E-state index is -0.922. The highest BCUT2D eigenvalue weighted by molar-refractivity contribution is 7.11. The molecule has 0 saturated carbocycles. The van der Waals surface area contributed by atoms with E-state index in [0.29, 0.717) is 0 Å². The van der Waals surface area contributed by atoms with E-state index in [2.05, 4.69) is 15.6 Å². The number of rotatable bonds is 8. The van der Waals surface area contributed by atoms with Crippen LogP contribution in [0.2, 0.25) is 0 Å². The van der Waals surface area contributed by atoms with Crippen molar-refractivity contribution in [1.29, 1.82) is 0 Å². The van der Waals surface area contributed by atoms with Gasteiger partial charge in [0.15, 0.2) is 0 Å². The molecule has 2 atom stereocenters. The van der Waals surface area contributed by atoms with E-state index in [1.165, 1.54) is 29.5 Å². The first-order valence-corrected chi connectivity index (χ1v) is 10.3. The number of nitro benzene ring substituents is 1. The molecule has 2 aromatic rings. The number of nitrogens with one attached hydrogen (secondary N) is 2. The molecule has 2 unspecified atom stereocenters. The maximum Gasteiger partial charge on any atom is 0.315 e. The molecule has 162 valence electrons. The Labute approximate surface area is 179 Å². The third kappa shape index (κ3) is 6.24. The van der Waals surface area contributed by atoms with E-state index in [1.54, 1.807) is 19.9 Å². The van der Waals surface area contributed by atoms with Crippen LogP contribution in [0.4, 0.5) is 10.5 Å². The summed E-state index contributed by atoms with van der Waals surface area (Å²) in [7, 11) is 0. The number of thiazole rings is 1. The highest BCUT2D eigenvalue weighted by Crippen LogP contribution is 2.28. The Morgan fingerprint density at radius 1 is 1.20 bits per heavy atom. The molecule has 0 aliphatic rings. The van der Waals surface area contributed by atoms with Crippen molar-refractivity contribution in [3.63, 3.8) is 0 Å². The normalized spacial score (nSPS) is 12.9. The standard InChI is InChI=1S/C20H26N4O5S/c1-11(2)29-18(25)10-16(15-8-6-7-9-17(15)24(27)28)23-20(26)22-13(4)19-12(3)21-14(5)30-19/h6-9,11,13,16H,10H2,1-5H3,(H2,22,23,26). The summed E-state index contributed by atoms with van der Waals surface area (Å²) < 4.78 is 5.17. The Kier molecular flexibility index (Phi) is 7.87. The first kappa shape index (κ1) is 23.3. The van der Waals surface area contributed by atoms with Gasteiger partial charge in [0.2, 0.25) is 0 Å². The summed E-state index contributed by atoms with van der Waals surface area (Å²) in [5.74, 6) is -0.560. The van der Waals surface area contributed by atoms with E-state index in [0.717, 1.165) is 15.6 Å². The van der Waals surface area contributed by atoms with Gasteiger partial charge < -0.3 is 15.4 Å². The Morgan fingerprint density at radius 2 is 1.87 bits per heavy atom. The number of ether oxygens (including phenoxy) is 1. The molecule has 10 heteroatoms. The zero-order valence-corrected chi connectivity index (χ0v) is 18.4. The van der Waals surface area contributed by atoms with Gasteiger partial charge in [0.05, 0.1) is 45.8 Å². The van der Waals surface area contributed by atoms with Gasteiger partial charge in [-0.2, -0.15) is 0 Å². The molecule has 0 aliphatic carbocycles. The van der Waals surface area contributed by atoms with E-state index < -0.39 is 23.0 Å². The monoisotopic (exact) mass is 434 g/mol. The molecule has 0 fully saturated rings. The number of amides is 2. The van der Waals surface area contributed by atoms with Crippen LogP contribution in [-0.4, -0.2) is 28.0 Å². The van der Waals surface area contributed by atoms with Gasteiger partial charge in [0.25, 0.3) is 5.69 Å². The molecule has 2 rings (SSSR count). The van der Waals surface area contributed by atoms with Crippen LogP contribution < -0.4 is 10.6 Å². The van der Waals surface area contributed by atoms with Gasteiger partial charge in [-0.1, -0.05) is 18.2 Å². The first-order chi connectivity index (χ1) is 14.1.